The third-order valence-corrected chi connectivity index (χ3v) is 2.67. The van der Waals surface area contributed by atoms with Crippen molar-refractivity contribution < 1.29 is 0 Å². The summed E-state index contributed by atoms with van der Waals surface area (Å²) in [5.74, 6) is 0. The van der Waals surface area contributed by atoms with E-state index in [1.165, 1.54) is 24.1 Å². The van der Waals surface area contributed by atoms with Gasteiger partial charge in [0.1, 0.15) is 0 Å². The van der Waals surface area contributed by atoms with Crippen molar-refractivity contribution in [3.63, 3.8) is 0 Å². The van der Waals surface area contributed by atoms with Crippen molar-refractivity contribution in [3.05, 3.63) is 29.1 Å². The molecule has 0 aliphatic carbocycles. The van der Waals surface area contributed by atoms with Gasteiger partial charge in [-0.25, -0.2) is 0 Å². The third-order valence-electron chi connectivity index (χ3n) is 2.67. The number of rotatable bonds is 3. The summed E-state index contributed by atoms with van der Waals surface area (Å²) in [6.07, 6.45) is 2.41. The fraction of sp³-hybridized carbons (Fsp3) is 0.615. The molecule has 0 N–H and O–H groups in total. The Morgan fingerprint density at radius 3 is 2.36 bits per heavy atom. The first-order chi connectivity index (χ1) is 6.45. The minimum Gasteiger partial charge on any atom is -0.258 e. The van der Waals surface area contributed by atoms with Crippen molar-refractivity contribution >= 4 is 0 Å². The van der Waals surface area contributed by atoms with Gasteiger partial charge in [-0.05, 0) is 38.0 Å². The molecule has 0 aliphatic rings. The SMILES string of the molecule is CCCC(C)(C)c1cc(C)cc(C)n1. The molecule has 0 saturated heterocycles. The van der Waals surface area contributed by atoms with Crippen LogP contribution in [-0.4, -0.2) is 4.98 Å². The van der Waals surface area contributed by atoms with Crippen LogP contribution >= 0.6 is 0 Å². The summed E-state index contributed by atoms with van der Waals surface area (Å²) in [7, 11) is 0. The van der Waals surface area contributed by atoms with Crippen LogP contribution in [0.25, 0.3) is 0 Å². The lowest BCUT2D eigenvalue weighted by molar-refractivity contribution is 0.458. The molecule has 1 heteroatoms. The summed E-state index contributed by atoms with van der Waals surface area (Å²) in [6.45, 7) is 11.0. The second kappa shape index (κ2) is 4.12. The van der Waals surface area contributed by atoms with Gasteiger partial charge in [0.15, 0.2) is 0 Å². The molecule has 1 rings (SSSR count). The Hall–Kier alpha value is -0.850. The van der Waals surface area contributed by atoms with Crippen LogP contribution in [0.15, 0.2) is 12.1 Å². The lowest BCUT2D eigenvalue weighted by atomic mass is 9.83. The molecule has 0 aromatic carbocycles. The molecule has 0 aliphatic heterocycles. The Morgan fingerprint density at radius 1 is 1.21 bits per heavy atom. The fourth-order valence-electron chi connectivity index (χ4n) is 1.94. The van der Waals surface area contributed by atoms with E-state index in [1.54, 1.807) is 0 Å². The van der Waals surface area contributed by atoms with Crippen LogP contribution in [-0.2, 0) is 5.41 Å². The molecule has 0 amide bonds. The van der Waals surface area contributed by atoms with Gasteiger partial charge in [0.25, 0.3) is 0 Å². The zero-order valence-corrected chi connectivity index (χ0v) is 10.0. The van der Waals surface area contributed by atoms with Gasteiger partial charge in [0.2, 0.25) is 0 Å². The first-order valence-electron chi connectivity index (χ1n) is 5.41. The Kier molecular flexibility index (Phi) is 3.30. The molecule has 0 unspecified atom stereocenters. The molecular weight excluding hydrogens is 170 g/mol. The number of hydrogen-bond donors (Lipinski definition) is 0. The minimum atomic E-state index is 0.214. The van der Waals surface area contributed by atoms with Gasteiger partial charge in [0.05, 0.1) is 0 Å². The van der Waals surface area contributed by atoms with E-state index >= 15 is 0 Å². The van der Waals surface area contributed by atoms with Gasteiger partial charge in [-0.1, -0.05) is 27.2 Å². The molecule has 0 radical (unpaired) electrons. The van der Waals surface area contributed by atoms with E-state index in [1.807, 2.05) is 0 Å². The molecule has 0 bridgehead atoms. The average Bonchev–Trinajstić information content (AvgIpc) is 2.02. The molecule has 0 fully saturated rings. The van der Waals surface area contributed by atoms with Crippen LogP contribution in [0.2, 0.25) is 0 Å². The van der Waals surface area contributed by atoms with Crippen molar-refractivity contribution in [1.82, 2.24) is 4.98 Å². The largest absolute Gasteiger partial charge is 0.258 e. The molecule has 1 nitrogen and oxygen atoms in total. The van der Waals surface area contributed by atoms with E-state index in [9.17, 15) is 0 Å². The number of nitrogens with zero attached hydrogens (tertiary/aromatic N) is 1. The van der Waals surface area contributed by atoms with Crippen molar-refractivity contribution in [2.24, 2.45) is 0 Å². The highest BCUT2D eigenvalue weighted by atomic mass is 14.7. The van der Waals surface area contributed by atoms with Crippen LogP contribution < -0.4 is 0 Å². The topological polar surface area (TPSA) is 12.9 Å². The zero-order chi connectivity index (χ0) is 10.8. The second-order valence-electron chi connectivity index (χ2n) is 4.81. The minimum absolute atomic E-state index is 0.214. The van der Waals surface area contributed by atoms with Gasteiger partial charge < -0.3 is 0 Å². The molecule has 0 spiro atoms. The summed E-state index contributed by atoms with van der Waals surface area (Å²) < 4.78 is 0. The van der Waals surface area contributed by atoms with Gasteiger partial charge in [-0.3, -0.25) is 4.98 Å². The Morgan fingerprint density at radius 2 is 1.86 bits per heavy atom. The fourth-order valence-corrected chi connectivity index (χ4v) is 1.94. The van der Waals surface area contributed by atoms with Crippen LogP contribution in [0.1, 0.15) is 50.6 Å². The molecule has 14 heavy (non-hydrogen) atoms. The Bertz CT molecular complexity index is 293. The molecule has 0 atom stereocenters. The van der Waals surface area contributed by atoms with E-state index in [2.05, 4.69) is 51.7 Å². The van der Waals surface area contributed by atoms with Gasteiger partial charge in [-0.15, -0.1) is 0 Å². The van der Waals surface area contributed by atoms with Crippen LogP contribution in [0, 0.1) is 13.8 Å². The Labute approximate surface area is 87.6 Å². The summed E-state index contributed by atoms with van der Waals surface area (Å²) >= 11 is 0. The molecule has 0 saturated carbocycles. The maximum atomic E-state index is 4.62. The van der Waals surface area contributed by atoms with E-state index < -0.39 is 0 Å². The van der Waals surface area contributed by atoms with Crippen molar-refractivity contribution in [1.29, 1.82) is 0 Å². The third kappa shape index (κ3) is 2.57. The van der Waals surface area contributed by atoms with Crippen molar-refractivity contribution in [2.75, 3.05) is 0 Å². The quantitative estimate of drug-likeness (QED) is 0.708. The Balaban J connectivity index is 3.05. The summed E-state index contributed by atoms with van der Waals surface area (Å²) in [4.78, 5) is 4.62. The average molecular weight is 191 g/mol. The first kappa shape index (κ1) is 11.2. The maximum absolute atomic E-state index is 4.62. The van der Waals surface area contributed by atoms with Crippen molar-refractivity contribution in [3.8, 4) is 0 Å². The zero-order valence-electron chi connectivity index (χ0n) is 10.0. The van der Waals surface area contributed by atoms with Gasteiger partial charge >= 0.3 is 0 Å². The predicted molar refractivity (Wildman–Crippen MR) is 61.6 cm³/mol. The van der Waals surface area contributed by atoms with E-state index in [0.717, 1.165) is 5.69 Å². The summed E-state index contributed by atoms with van der Waals surface area (Å²) in [6, 6.07) is 4.34. The normalized spacial score (nSPS) is 11.8. The maximum Gasteiger partial charge on any atom is 0.0465 e. The van der Waals surface area contributed by atoms with E-state index in [4.69, 9.17) is 0 Å². The monoisotopic (exact) mass is 191 g/mol. The smallest absolute Gasteiger partial charge is 0.0465 e. The first-order valence-corrected chi connectivity index (χ1v) is 5.41. The number of hydrogen-bond acceptors (Lipinski definition) is 1. The molecule has 1 aromatic rings. The van der Waals surface area contributed by atoms with Gasteiger partial charge in [0, 0.05) is 16.8 Å². The van der Waals surface area contributed by atoms with Crippen molar-refractivity contribution in [2.45, 2.75) is 52.9 Å². The number of aryl methyl sites for hydroxylation is 2. The highest BCUT2D eigenvalue weighted by Crippen LogP contribution is 2.27. The lowest BCUT2D eigenvalue weighted by Crippen LogP contribution is -2.19. The molecule has 1 heterocycles. The van der Waals surface area contributed by atoms with Crippen LogP contribution in [0.4, 0.5) is 0 Å². The van der Waals surface area contributed by atoms with E-state index in [0.29, 0.717) is 0 Å². The van der Waals surface area contributed by atoms with E-state index in [-0.39, 0.29) is 5.41 Å². The lowest BCUT2D eigenvalue weighted by Gasteiger charge is -2.24. The predicted octanol–water partition coefficient (Wildman–Crippen LogP) is 3.78. The standard InChI is InChI=1S/C13H21N/c1-6-7-13(4,5)12-9-10(2)8-11(3)14-12/h8-9H,6-7H2,1-5H3. The molecule has 1 aromatic heterocycles. The second-order valence-corrected chi connectivity index (χ2v) is 4.81. The number of aromatic nitrogens is 1. The molecule has 78 valence electrons. The van der Waals surface area contributed by atoms with Gasteiger partial charge in [-0.2, -0.15) is 0 Å². The highest BCUT2D eigenvalue weighted by molar-refractivity contribution is 5.24. The summed E-state index contributed by atoms with van der Waals surface area (Å²) in [5.41, 5.74) is 3.89. The van der Waals surface area contributed by atoms with Crippen LogP contribution in [0.3, 0.4) is 0 Å². The highest BCUT2D eigenvalue weighted by Gasteiger charge is 2.21. The van der Waals surface area contributed by atoms with Crippen LogP contribution in [0.5, 0.6) is 0 Å². The molecular formula is C13H21N. The number of pyridine rings is 1. The summed E-state index contributed by atoms with van der Waals surface area (Å²) in [5, 5.41) is 0.